The lowest BCUT2D eigenvalue weighted by atomic mass is 10.2. The summed E-state index contributed by atoms with van der Waals surface area (Å²) < 4.78 is 0. The zero-order valence-corrected chi connectivity index (χ0v) is 7.45. The van der Waals surface area contributed by atoms with E-state index < -0.39 is 0 Å². The molecule has 1 aliphatic rings. The van der Waals surface area contributed by atoms with Crippen molar-refractivity contribution >= 4 is 5.84 Å². The van der Waals surface area contributed by atoms with Gasteiger partial charge < -0.3 is 0 Å². The SMILES string of the molecule is CCCCCC1=[NH+]CCCN1. The number of unbranched alkanes of at least 4 members (excludes halogenated alkanes) is 2. The smallest absolute Gasteiger partial charge is 0.242 e. The molecule has 2 N–H and O–H groups in total. The molecule has 0 amide bonds. The molecule has 2 heteroatoms. The van der Waals surface area contributed by atoms with Crippen LogP contribution in [-0.4, -0.2) is 18.9 Å². The monoisotopic (exact) mass is 155 g/mol. The maximum Gasteiger partial charge on any atom is 0.242 e. The van der Waals surface area contributed by atoms with E-state index in [0.29, 0.717) is 0 Å². The van der Waals surface area contributed by atoms with Crippen molar-refractivity contribution in [2.75, 3.05) is 13.1 Å². The van der Waals surface area contributed by atoms with Gasteiger partial charge in [-0.05, 0) is 6.42 Å². The van der Waals surface area contributed by atoms with Crippen LogP contribution >= 0.6 is 0 Å². The second-order valence-electron chi connectivity index (χ2n) is 3.14. The number of hydrogen-bond donors (Lipinski definition) is 2. The van der Waals surface area contributed by atoms with Crippen molar-refractivity contribution < 1.29 is 4.99 Å². The molecule has 0 aromatic heterocycles. The molecule has 0 saturated heterocycles. The Morgan fingerprint density at radius 1 is 1.45 bits per heavy atom. The fourth-order valence-corrected chi connectivity index (χ4v) is 1.36. The number of nitrogens with one attached hydrogen (secondary N) is 2. The largest absolute Gasteiger partial charge is 0.278 e. The Kier molecular flexibility index (Phi) is 4.02. The number of hydrogen-bond acceptors (Lipinski definition) is 1. The maximum atomic E-state index is 3.38. The molecule has 64 valence electrons. The van der Waals surface area contributed by atoms with Crippen molar-refractivity contribution in [3.8, 4) is 0 Å². The highest BCUT2D eigenvalue weighted by Crippen LogP contribution is 1.97. The Morgan fingerprint density at radius 2 is 2.36 bits per heavy atom. The summed E-state index contributed by atoms with van der Waals surface area (Å²) in [5.74, 6) is 1.37. The molecule has 0 aromatic rings. The topological polar surface area (TPSA) is 26.0 Å². The van der Waals surface area contributed by atoms with Crippen LogP contribution in [0.3, 0.4) is 0 Å². The minimum atomic E-state index is 1.16. The molecular weight excluding hydrogens is 136 g/mol. The highest BCUT2D eigenvalue weighted by atomic mass is 15.0. The fourth-order valence-electron chi connectivity index (χ4n) is 1.36. The molecule has 0 spiro atoms. The Balaban J connectivity index is 2.09. The van der Waals surface area contributed by atoms with Gasteiger partial charge in [-0.3, -0.25) is 10.3 Å². The van der Waals surface area contributed by atoms with Crippen molar-refractivity contribution in [1.29, 1.82) is 0 Å². The normalized spacial score (nSPS) is 17.4. The van der Waals surface area contributed by atoms with Gasteiger partial charge >= 0.3 is 0 Å². The average molecular weight is 155 g/mol. The molecule has 0 fully saturated rings. The standard InChI is InChI=1S/C9H18N2/c1-2-3-4-6-9-10-7-5-8-11-9/h2-8H2,1H3,(H,10,11)/p+1. The first-order valence-corrected chi connectivity index (χ1v) is 4.77. The van der Waals surface area contributed by atoms with Gasteiger partial charge in [-0.25, -0.2) is 0 Å². The molecule has 1 heterocycles. The Morgan fingerprint density at radius 3 is 3.00 bits per heavy atom. The van der Waals surface area contributed by atoms with Crippen LogP contribution in [0.5, 0.6) is 0 Å². The van der Waals surface area contributed by atoms with Crippen LogP contribution in [0.2, 0.25) is 0 Å². The summed E-state index contributed by atoms with van der Waals surface area (Å²) in [6.07, 6.45) is 6.47. The van der Waals surface area contributed by atoms with E-state index in [4.69, 9.17) is 0 Å². The van der Waals surface area contributed by atoms with Crippen LogP contribution in [0.15, 0.2) is 0 Å². The van der Waals surface area contributed by atoms with Crippen molar-refractivity contribution in [2.45, 2.75) is 39.0 Å². The maximum absolute atomic E-state index is 3.38. The lowest BCUT2D eigenvalue weighted by Gasteiger charge is -2.07. The number of rotatable bonds is 4. The van der Waals surface area contributed by atoms with Gasteiger partial charge in [-0.1, -0.05) is 19.8 Å². The lowest BCUT2D eigenvalue weighted by Crippen LogP contribution is -2.79. The molecule has 0 unspecified atom stereocenters. The highest BCUT2D eigenvalue weighted by molar-refractivity contribution is 5.76. The highest BCUT2D eigenvalue weighted by Gasteiger charge is 2.08. The van der Waals surface area contributed by atoms with Crippen LogP contribution < -0.4 is 10.3 Å². The second-order valence-corrected chi connectivity index (χ2v) is 3.14. The predicted molar refractivity (Wildman–Crippen MR) is 47.6 cm³/mol. The fraction of sp³-hybridized carbons (Fsp3) is 0.889. The van der Waals surface area contributed by atoms with Crippen LogP contribution in [0.25, 0.3) is 0 Å². The first kappa shape index (κ1) is 8.57. The van der Waals surface area contributed by atoms with Gasteiger partial charge in [0.25, 0.3) is 0 Å². The quantitative estimate of drug-likeness (QED) is 0.551. The van der Waals surface area contributed by atoms with E-state index in [1.807, 2.05) is 0 Å². The minimum absolute atomic E-state index is 1.16. The van der Waals surface area contributed by atoms with Gasteiger partial charge in [-0.2, -0.15) is 0 Å². The predicted octanol–water partition coefficient (Wildman–Crippen LogP) is 0.0391. The third-order valence-electron chi connectivity index (χ3n) is 2.06. The van der Waals surface area contributed by atoms with Crippen molar-refractivity contribution in [3.05, 3.63) is 0 Å². The van der Waals surface area contributed by atoms with Gasteiger partial charge in [-0.15, -0.1) is 0 Å². The molecule has 0 radical (unpaired) electrons. The van der Waals surface area contributed by atoms with Gasteiger partial charge in [0.1, 0.15) is 0 Å². The minimum Gasteiger partial charge on any atom is -0.278 e. The van der Waals surface area contributed by atoms with Crippen molar-refractivity contribution in [3.63, 3.8) is 0 Å². The van der Waals surface area contributed by atoms with E-state index in [1.165, 1.54) is 37.9 Å². The molecule has 0 saturated carbocycles. The molecule has 11 heavy (non-hydrogen) atoms. The molecule has 2 nitrogen and oxygen atoms in total. The first-order valence-electron chi connectivity index (χ1n) is 4.77. The summed E-state index contributed by atoms with van der Waals surface area (Å²) in [4.78, 5) is 3.38. The Labute approximate surface area is 69.1 Å². The molecule has 1 rings (SSSR count). The van der Waals surface area contributed by atoms with Crippen LogP contribution in [-0.2, 0) is 0 Å². The molecule has 0 bridgehead atoms. The van der Waals surface area contributed by atoms with Crippen LogP contribution in [0.1, 0.15) is 39.0 Å². The average Bonchev–Trinajstić information content (AvgIpc) is 2.07. The van der Waals surface area contributed by atoms with E-state index in [0.717, 1.165) is 13.1 Å². The zero-order chi connectivity index (χ0) is 7.94. The summed E-state index contributed by atoms with van der Waals surface area (Å²) in [5.41, 5.74) is 0. The van der Waals surface area contributed by atoms with Crippen molar-refractivity contribution in [2.24, 2.45) is 0 Å². The Hall–Kier alpha value is -0.530. The van der Waals surface area contributed by atoms with E-state index in [1.54, 1.807) is 0 Å². The van der Waals surface area contributed by atoms with E-state index in [9.17, 15) is 0 Å². The van der Waals surface area contributed by atoms with Gasteiger partial charge in [0, 0.05) is 12.8 Å². The lowest BCUT2D eigenvalue weighted by molar-refractivity contribution is -0.465. The summed E-state index contributed by atoms with van der Waals surface area (Å²) >= 11 is 0. The summed E-state index contributed by atoms with van der Waals surface area (Å²) in [6.45, 7) is 4.56. The second kappa shape index (κ2) is 5.16. The molecule has 0 atom stereocenters. The van der Waals surface area contributed by atoms with Gasteiger partial charge in [0.05, 0.1) is 13.1 Å². The summed E-state index contributed by atoms with van der Waals surface area (Å²) in [5, 5.41) is 3.38. The van der Waals surface area contributed by atoms with E-state index in [-0.39, 0.29) is 0 Å². The molecular formula is C9H19N2+. The van der Waals surface area contributed by atoms with Crippen LogP contribution in [0.4, 0.5) is 0 Å². The Bertz CT molecular complexity index is 130. The van der Waals surface area contributed by atoms with Gasteiger partial charge in [0.2, 0.25) is 5.84 Å². The number of amidine groups is 1. The third-order valence-corrected chi connectivity index (χ3v) is 2.06. The van der Waals surface area contributed by atoms with E-state index >= 15 is 0 Å². The first-order chi connectivity index (χ1) is 5.43. The van der Waals surface area contributed by atoms with Crippen molar-refractivity contribution in [1.82, 2.24) is 5.32 Å². The summed E-state index contributed by atoms with van der Waals surface area (Å²) in [7, 11) is 0. The zero-order valence-electron chi connectivity index (χ0n) is 7.45. The van der Waals surface area contributed by atoms with Gasteiger partial charge in [0.15, 0.2) is 0 Å². The van der Waals surface area contributed by atoms with E-state index in [2.05, 4.69) is 17.2 Å². The summed E-state index contributed by atoms with van der Waals surface area (Å²) in [6, 6.07) is 0. The molecule has 0 aliphatic carbocycles. The molecule has 0 aromatic carbocycles. The third kappa shape index (κ3) is 3.40. The van der Waals surface area contributed by atoms with Crippen LogP contribution in [0, 0.1) is 0 Å². The molecule has 1 aliphatic heterocycles.